The number of anilines is 1. The predicted molar refractivity (Wildman–Crippen MR) is 97.9 cm³/mol. The van der Waals surface area contributed by atoms with Crippen molar-refractivity contribution in [2.75, 3.05) is 19.0 Å². The van der Waals surface area contributed by atoms with Gasteiger partial charge in [-0.3, -0.25) is 10.1 Å². The van der Waals surface area contributed by atoms with Gasteiger partial charge >= 0.3 is 0 Å². The van der Waals surface area contributed by atoms with Gasteiger partial charge in [-0.1, -0.05) is 30.4 Å². The SMILES string of the molecule is C/C=C/c1ccc(OCC(=O)Nc2nc3ccccc3[nH]2)c(OC)c1. The third-order valence-electron chi connectivity index (χ3n) is 3.55. The maximum absolute atomic E-state index is 12.1. The van der Waals surface area contributed by atoms with Gasteiger partial charge in [0.15, 0.2) is 18.1 Å². The topological polar surface area (TPSA) is 76.2 Å². The number of aromatic amines is 1. The molecule has 0 aliphatic rings. The molecule has 1 aromatic heterocycles. The number of carbonyl (C=O) groups is 1. The fraction of sp³-hybridized carbons (Fsp3) is 0.158. The van der Waals surface area contributed by atoms with Gasteiger partial charge in [-0.2, -0.15) is 0 Å². The van der Waals surface area contributed by atoms with Crippen LogP contribution in [0.3, 0.4) is 0 Å². The van der Waals surface area contributed by atoms with Gasteiger partial charge in [-0.25, -0.2) is 4.98 Å². The maximum Gasteiger partial charge on any atom is 0.264 e. The lowest BCUT2D eigenvalue weighted by atomic mass is 10.2. The molecule has 3 aromatic rings. The Balaban J connectivity index is 1.63. The second kappa shape index (κ2) is 7.53. The van der Waals surface area contributed by atoms with Crippen molar-refractivity contribution in [3.8, 4) is 11.5 Å². The number of hydrogen-bond donors (Lipinski definition) is 2. The van der Waals surface area contributed by atoms with Gasteiger partial charge in [0, 0.05) is 0 Å². The number of methoxy groups -OCH3 is 1. The minimum atomic E-state index is -0.307. The molecule has 6 nitrogen and oxygen atoms in total. The van der Waals surface area contributed by atoms with Crippen molar-refractivity contribution in [2.45, 2.75) is 6.92 Å². The fourth-order valence-corrected chi connectivity index (χ4v) is 2.42. The number of amides is 1. The van der Waals surface area contributed by atoms with Gasteiger partial charge in [-0.05, 0) is 36.8 Å². The summed E-state index contributed by atoms with van der Waals surface area (Å²) >= 11 is 0. The van der Waals surface area contributed by atoms with E-state index in [0.29, 0.717) is 17.4 Å². The summed E-state index contributed by atoms with van der Waals surface area (Å²) in [4.78, 5) is 19.4. The molecule has 1 amide bonds. The first-order chi connectivity index (χ1) is 12.2. The molecule has 0 spiro atoms. The molecule has 3 rings (SSSR count). The number of H-pyrrole nitrogens is 1. The highest BCUT2D eigenvalue weighted by Gasteiger charge is 2.10. The Morgan fingerprint density at radius 3 is 2.84 bits per heavy atom. The molecule has 0 aliphatic carbocycles. The summed E-state index contributed by atoms with van der Waals surface area (Å²) < 4.78 is 10.9. The number of fused-ring (bicyclic) bond motifs is 1. The number of para-hydroxylation sites is 2. The van der Waals surface area contributed by atoms with Gasteiger partial charge in [-0.15, -0.1) is 0 Å². The maximum atomic E-state index is 12.1. The number of benzene rings is 2. The lowest BCUT2D eigenvalue weighted by Gasteiger charge is -2.11. The van der Waals surface area contributed by atoms with Crippen LogP contribution in [0.5, 0.6) is 11.5 Å². The van der Waals surface area contributed by atoms with Crippen LogP contribution in [0.1, 0.15) is 12.5 Å². The molecule has 25 heavy (non-hydrogen) atoms. The average Bonchev–Trinajstić information content (AvgIpc) is 3.02. The molecule has 0 unspecified atom stereocenters. The number of hydrogen-bond acceptors (Lipinski definition) is 4. The van der Waals surface area contributed by atoms with Gasteiger partial charge in [0.2, 0.25) is 5.95 Å². The third-order valence-corrected chi connectivity index (χ3v) is 3.55. The van der Waals surface area contributed by atoms with E-state index in [0.717, 1.165) is 16.6 Å². The van der Waals surface area contributed by atoms with Gasteiger partial charge in [0.25, 0.3) is 5.91 Å². The van der Waals surface area contributed by atoms with E-state index in [1.54, 1.807) is 13.2 Å². The van der Waals surface area contributed by atoms with E-state index in [1.165, 1.54) is 0 Å². The van der Waals surface area contributed by atoms with Crippen LogP contribution in [0.25, 0.3) is 17.1 Å². The number of imidazole rings is 1. The molecular weight excluding hydrogens is 318 g/mol. The molecule has 0 radical (unpaired) electrons. The van der Waals surface area contributed by atoms with Crippen LogP contribution >= 0.6 is 0 Å². The Morgan fingerprint density at radius 2 is 2.08 bits per heavy atom. The van der Waals surface area contributed by atoms with Crippen molar-refractivity contribution in [3.63, 3.8) is 0 Å². The summed E-state index contributed by atoms with van der Waals surface area (Å²) in [7, 11) is 1.57. The number of nitrogens with zero attached hydrogens (tertiary/aromatic N) is 1. The van der Waals surface area contributed by atoms with Crippen molar-refractivity contribution in [1.29, 1.82) is 0 Å². The van der Waals surface area contributed by atoms with Crippen LogP contribution in [0.2, 0.25) is 0 Å². The first-order valence-corrected chi connectivity index (χ1v) is 7.87. The quantitative estimate of drug-likeness (QED) is 0.720. The van der Waals surface area contributed by atoms with Crippen LogP contribution in [0, 0.1) is 0 Å². The highest BCUT2D eigenvalue weighted by Crippen LogP contribution is 2.28. The summed E-state index contributed by atoms with van der Waals surface area (Å²) in [6, 6.07) is 13.1. The summed E-state index contributed by atoms with van der Waals surface area (Å²) in [6.45, 7) is 1.80. The number of aromatic nitrogens is 2. The van der Waals surface area contributed by atoms with Crippen molar-refractivity contribution in [1.82, 2.24) is 9.97 Å². The summed E-state index contributed by atoms with van der Waals surface area (Å²) in [5.41, 5.74) is 2.65. The molecule has 0 saturated carbocycles. The van der Waals surface area contributed by atoms with Crippen molar-refractivity contribution in [2.24, 2.45) is 0 Å². The highest BCUT2D eigenvalue weighted by atomic mass is 16.5. The first-order valence-electron chi connectivity index (χ1n) is 7.87. The zero-order valence-electron chi connectivity index (χ0n) is 14.1. The van der Waals surface area contributed by atoms with E-state index in [4.69, 9.17) is 9.47 Å². The standard InChI is InChI=1S/C19H19N3O3/c1-3-6-13-9-10-16(17(11-13)24-2)25-12-18(23)22-19-20-14-7-4-5-8-15(14)21-19/h3-11H,12H2,1-2H3,(H2,20,21,22,23)/b6-3+. The predicted octanol–water partition coefficient (Wildman–Crippen LogP) is 3.62. The van der Waals surface area contributed by atoms with E-state index in [1.807, 2.05) is 55.5 Å². The molecule has 128 valence electrons. The lowest BCUT2D eigenvalue weighted by Crippen LogP contribution is -2.21. The summed E-state index contributed by atoms with van der Waals surface area (Å²) in [6.07, 6.45) is 3.90. The minimum Gasteiger partial charge on any atom is -0.493 e. The Morgan fingerprint density at radius 1 is 1.24 bits per heavy atom. The molecule has 2 N–H and O–H groups in total. The largest absolute Gasteiger partial charge is 0.493 e. The third kappa shape index (κ3) is 3.98. The van der Waals surface area contributed by atoms with E-state index < -0.39 is 0 Å². The Labute approximate surface area is 145 Å². The average molecular weight is 337 g/mol. The minimum absolute atomic E-state index is 0.142. The fourth-order valence-electron chi connectivity index (χ4n) is 2.42. The number of ether oxygens (including phenoxy) is 2. The van der Waals surface area contributed by atoms with E-state index in [2.05, 4.69) is 15.3 Å². The van der Waals surface area contributed by atoms with Gasteiger partial charge < -0.3 is 14.5 Å². The van der Waals surface area contributed by atoms with E-state index >= 15 is 0 Å². The second-order valence-electron chi connectivity index (χ2n) is 5.35. The lowest BCUT2D eigenvalue weighted by molar-refractivity contribution is -0.118. The molecule has 0 fully saturated rings. The molecule has 0 saturated heterocycles. The smallest absolute Gasteiger partial charge is 0.264 e. The number of rotatable bonds is 6. The van der Waals surface area contributed by atoms with Crippen molar-refractivity contribution < 1.29 is 14.3 Å². The monoisotopic (exact) mass is 337 g/mol. The number of carbonyl (C=O) groups excluding carboxylic acids is 1. The molecule has 0 bridgehead atoms. The number of nitrogens with one attached hydrogen (secondary N) is 2. The van der Waals surface area contributed by atoms with E-state index in [9.17, 15) is 4.79 Å². The van der Waals surface area contributed by atoms with E-state index in [-0.39, 0.29) is 12.5 Å². The van der Waals surface area contributed by atoms with Crippen LogP contribution in [-0.2, 0) is 4.79 Å². The van der Waals surface area contributed by atoms with Gasteiger partial charge in [0.1, 0.15) is 0 Å². The molecular formula is C19H19N3O3. The number of allylic oxidation sites excluding steroid dienone is 1. The van der Waals surface area contributed by atoms with Crippen LogP contribution in [-0.4, -0.2) is 29.6 Å². The molecule has 0 aliphatic heterocycles. The second-order valence-corrected chi connectivity index (χ2v) is 5.35. The molecule has 1 heterocycles. The molecule has 6 heteroatoms. The van der Waals surface area contributed by atoms with Crippen molar-refractivity contribution in [3.05, 3.63) is 54.1 Å². The van der Waals surface area contributed by atoms with Crippen LogP contribution in [0.15, 0.2) is 48.5 Å². The normalized spacial score (nSPS) is 11.0. The summed E-state index contributed by atoms with van der Waals surface area (Å²) in [5, 5.41) is 2.69. The first kappa shape index (κ1) is 16.6. The summed E-state index contributed by atoms with van der Waals surface area (Å²) in [5.74, 6) is 1.17. The van der Waals surface area contributed by atoms with Crippen LogP contribution < -0.4 is 14.8 Å². The Bertz CT molecular complexity index is 882. The van der Waals surface area contributed by atoms with Gasteiger partial charge in [0.05, 0.1) is 18.1 Å². The zero-order chi connectivity index (χ0) is 17.6. The Kier molecular flexibility index (Phi) is 4.99. The molecule has 2 aromatic carbocycles. The Hall–Kier alpha value is -3.28. The molecule has 0 atom stereocenters. The zero-order valence-corrected chi connectivity index (χ0v) is 14.1. The highest BCUT2D eigenvalue weighted by molar-refractivity contribution is 5.92. The van der Waals surface area contributed by atoms with Crippen LogP contribution in [0.4, 0.5) is 5.95 Å². The van der Waals surface area contributed by atoms with Crippen molar-refractivity contribution >= 4 is 29.0 Å².